The number of piperidine rings is 1. The Morgan fingerprint density at radius 2 is 2.20 bits per heavy atom. The Balaban J connectivity index is 1.43. The second kappa shape index (κ2) is 7.98. The van der Waals surface area contributed by atoms with E-state index < -0.39 is 0 Å². The number of nitrogens with one attached hydrogen (secondary N) is 1. The number of ether oxygens (including phenoxy) is 1. The molecule has 0 saturated carbocycles. The Hall–Kier alpha value is -1.24. The topological polar surface area (TPSA) is 54.5 Å². The zero-order valence-electron chi connectivity index (χ0n) is 15.5. The molecule has 1 aromatic rings. The van der Waals surface area contributed by atoms with Crippen LogP contribution in [0.2, 0.25) is 0 Å². The fraction of sp³-hybridized carbons (Fsp3) is 0.684. The first kappa shape index (κ1) is 18.5. The SMILES string of the molecule is CC(C)=CCN1CCC2(CC[C@@H](CNC(=O)c3csc(C)n3)O2)CC1. The van der Waals surface area contributed by atoms with Crippen LogP contribution in [0.15, 0.2) is 17.0 Å². The van der Waals surface area contributed by atoms with Crippen molar-refractivity contribution < 1.29 is 9.53 Å². The van der Waals surface area contributed by atoms with Gasteiger partial charge in [0.1, 0.15) is 5.69 Å². The van der Waals surface area contributed by atoms with Gasteiger partial charge in [0, 0.05) is 31.6 Å². The number of aromatic nitrogens is 1. The third kappa shape index (κ3) is 4.90. The Morgan fingerprint density at radius 1 is 1.44 bits per heavy atom. The number of nitrogens with zero attached hydrogens (tertiary/aromatic N) is 2. The van der Waals surface area contributed by atoms with Crippen molar-refractivity contribution >= 4 is 17.2 Å². The minimum Gasteiger partial charge on any atom is -0.370 e. The molecule has 2 aliphatic rings. The Bertz CT molecular complexity index is 628. The zero-order valence-corrected chi connectivity index (χ0v) is 16.3. The summed E-state index contributed by atoms with van der Waals surface area (Å²) in [6.07, 6.45) is 6.77. The summed E-state index contributed by atoms with van der Waals surface area (Å²) >= 11 is 1.50. The first-order chi connectivity index (χ1) is 12.0. The summed E-state index contributed by atoms with van der Waals surface area (Å²) in [6, 6.07) is 0. The maximum atomic E-state index is 12.1. The van der Waals surface area contributed by atoms with E-state index in [1.165, 1.54) is 16.9 Å². The lowest BCUT2D eigenvalue weighted by Gasteiger charge is -2.39. The molecule has 6 heteroatoms. The monoisotopic (exact) mass is 363 g/mol. The molecule has 2 fully saturated rings. The van der Waals surface area contributed by atoms with E-state index in [1.54, 1.807) is 0 Å². The first-order valence-corrected chi connectivity index (χ1v) is 10.1. The van der Waals surface area contributed by atoms with E-state index in [-0.39, 0.29) is 17.6 Å². The molecular formula is C19H29N3O2S. The highest BCUT2D eigenvalue weighted by atomic mass is 32.1. The van der Waals surface area contributed by atoms with Crippen molar-refractivity contribution in [3.05, 3.63) is 27.7 Å². The minimum absolute atomic E-state index is 0.0358. The van der Waals surface area contributed by atoms with Crippen LogP contribution < -0.4 is 5.32 Å². The van der Waals surface area contributed by atoms with Gasteiger partial charge in [0.25, 0.3) is 5.91 Å². The fourth-order valence-electron chi connectivity index (χ4n) is 3.63. The average molecular weight is 364 g/mol. The molecule has 0 unspecified atom stereocenters. The second-order valence-electron chi connectivity index (χ2n) is 7.51. The Morgan fingerprint density at radius 3 is 2.84 bits per heavy atom. The number of thiazole rings is 1. The number of hydrogen-bond donors (Lipinski definition) is 1. The summed E-state index contributed by atoms with van der Waals surface area (Å²) in [4.78, 5) is 18.9. The van der Waals surface area contributed by atoms with E-state index in [0.29, 0.717) is 12.2 Å². The highest BCUT2D eigenvalue weighted by molar-refractivity contribution is 7.09. The van der Waals surface area contributed by atoms with Gasteiger partial charge < -0.3 is 10.1 Å². The fourth-order valence-corrected chi connectivity index (χ4v) is 4.22. The van der Waals surface area contributed by atoms with Gasteiger partial charge in [-0.3, -0.25) is 9.69 Å². The molecule has 0 aliphatic carbocycles. The highest BCUT2D eigenvalue weighted by Gasteiger charge is 2.42. The number of likely N-dealkylation sites (tertiary alicyclic amines) is 1. The van der Waals surface area contributed by atoms with Crippen molar-refractivity contribution in [2.24, 2.45) is 0 Å². The van der Waals surface area contributed by atoms with Crippen molar-refractivity contribution in [3.63, 3.8) is 0 Å². The summed E-state index contributed by atoms with van der Waals surface area (Å²) in [7, 11) is 0. The summed E-state index contributed by atoms with van der Waals surface area (Å²) in [6.45, 7) is 10.0. The molecule has 0 bridgehead atoms. The summed E-state index contributed by atoms with van der Waals surface area (Å²) < 4.78 is 6.38. The van der Waals surface area contributed by atoms with Crippen LogP contribution >= 0.6 is 11.3 Å². The van der Waals surface area contributed by atoms with Gasteiger partial charge in [0.15, 0.2) is 0 Å². The lowest BCUT2D eigenvalue weighted by Crippen LogP contribution is -2.45. The van der Waals surface area contributed by atoms with Gasteiger partial charge in [0.05, 0.1) is 16.7 Å². The van der Waals surface area contributed by atoms with Gasteiger partial charge in [-0.1, -0.05) is 11.6 Å². The molecule has 1 N–H and O–H groups in total. The van der Waals surface area contributed by atoms with Crippen LogP contribution in [0.5, 0.6) is 0 Å². The lowest BCUT2D eigenvalue weighted by atomic mass is 9.88. The maximum Gasteiger partial charge on any atom is 0.270 e. The van der Waals surface area contributed by atoms with E-state index in [9.17, 15) is 4.79 Å². The molecule has 3 heterocycles. The van der Waals surface area contributed by atoms with Gasteiger partial charge in [-0.15, -0.1) is 11.3 Å². The number of rotatable bonds is 5. The van der Waals surface area contributed by atoms with Gasteiger partial charge in [-0.25, -0.2) is 4.98 Å². The molecule has 0 aromatic carbocycles. The lowest BCUT2D eigenvalue weighted by molar-refractivity contribution is -0.0741. The molecule has 1 spiro atoms. The van der Waals surface area contributed by atoms with Crippen molar-refractivity contribution in [1.29, 1.82) is 0 Å². The molecule has 2 aliphatic heterocycles. The average Bonchev–Trinajstić information content (AvgIpc) is 3.19. The quantitative estimate of drug-likeness (QED) is 0.817. The number of amides is 1. The predicted octanol–water partition coefficient (Wildman–Crippen LogP) is 3.16. The van der Waals surface area contributed by atoms with E-state index in [0.717, 1.165) is 50.3 Å². The number of allylic oxidation sites excluding steroid dienone is 1. The molecule has 5 nitrogen and oxygen atoms in total. The zero-order chi connectivity index (χ0) is 17.9. The summed E-state index contributed by atoms with van der Waals surface area (Å²) in [5.41, 5.74) is 1.93. The normalized spacial score (nSPS) is 22.9. The van der Waals surface area contributed by atoms with E-state index in [4.69, 9.17) is 4.74 Å². The molecule has 138 valence electrons. The largest absolute Gasteiger partial charge is 0.370 e. The molecule has 3 rings (SSSR count). The van der Waals surface area contributed by atoms with Crippen molar-refractivity contribution in [2.75, 3.05) is 26.2 Å². The minimum atomic E-state index is -0.0922. The standard InChI is InChI=1S/C19H29N3O2S/c1-14(2)5-9-22-10-7-19(8-11-22)6-4-16(24-19)12-20-18(23)17-13-25-15(3)21-17/h5,13,16H,4,6-12H2,1-3H3,(H,20,23)/t16-/m0/s1. The smallest absolute Gasteiger partial charge is 0.270 e. The second-order valence-corrected chi connectivity index (χ2v) is 8.57. The van der Waals surface area contributed by atoms with Crippen LogP contribution in [0.4, 0.5) is 0 Å². The van der Waals surface area contributed by atoms with Crippen molar-refractivity contribution in [1.82, 2.24) is 15.2 Å². The van der Waals surface area contributed by atoms with Crippen LogP contribution in [0, 0.1) is 6.92 Å². The molecule has 2 saturated heterocycles. The molecule has 1 amide bonds. The molecular weight excluding hydrogens is 334 g/mol. The number of carbonyl (C=O) groups is 1. The van der Waals surface area contributed by atoms with Crippen LogP contribution in [0.1, 0.15) is 55.0 Å². The third-order valence-electron chi connectivity index (χ3n) is 5.21. The van der Waals surface area contributed by atoms with Gasteiger partial charge in [0.2, 0.25) is 0 Å². The van der Waals surface area contributed by atoms with Crippen molar-refractivity contribution in [3.8, 4) is 0 Å². The third-order valence-corrected chi connectivity index (χ3v) is 5.98. The van der Waals surface area contributed by atoms with Gasteiger partial charge in [-0.05, 0) is 46.5 Å². The van der Waals surface area contributed by atoms with Crippen LogP contribution in [0.25, 0.3) is 0 Å². The number of carbonyl (C=O) groups excluding carboxylic acids is 1. The number of aryl methyl sites for hydroxylation is 1. The van der Waals surface area contributed by atoms with Crippen molar-refractivity contribution in [2.45, 2.75) is 58.2 Å². The molecule has 25 heavy (non-hydrogen) atoms. The van der Waals surface area contributed by atoms with Gasteiger partial charge in [-0.2, -0.15) is 0 Å². The molecule has 0 radical (unpaired) electrons. The maximum absolute atomic E-state index is 12.1. The van der Waals surface area contributed by atoms with E-state index >= 15 is 0 Å². The number of hydrogen-bond acceptors (Lipinski definition) is 5. The summed E-state index contributed by atoms with van der Waals surface area (Å²) in [5, 5.41) is 5.71. The summed E-state index contributed by atoms with van der Waals surface area (Å²) in [5.74, 6) is -0.0922. The first-order valence-electron chi connectivity index (χ1n) is 9.20. The van der Waals surface area contributed by atoms with Crippen LogP contribution in [-0.2, 0) is 4.74 Å². The van der Waals surface area contributed by atoms with E-state index in [2.05, 4.69) is 35.1 Å². The van der Waals surface area contributed by atoms with Crippen LogP contribution in [-0.4, -0.2) is 53.7 Å². The molecule has 1 atom stereocenters. The Kier molecular flexibility index (Phi) is 5.92. The highest BCUT2D eigenvalue weighted by Crippen LogP contribution is 2.38. The van der Waals surface area contributed by atoms with Gasteiger partial charge >= 0.3 is 0 Å². The van der Waals surface area contributed by atoms with Crippen LogP contribution in [0.3, 0.4) is 0 Å². The van der Waals surface area contributed by atoms with E-state index in [1.807, 2.05) is 12.3 Å². The predicted molar refractivity (Wildman–Crippen MR) is 101 cm³/mol. The Labute approximate surface area is 154 Å². The molecule has 1 aromatic heterocycles.